The van der Waals surface area contributed by atoms with Gasteiger partial charge >= 0.3 is 0 Å². The lowest BCUT2D eigenvalue weighted by molar-refractivity contribution is 0.550. The number of rotatable bonds is 4. The van der Waals surface area contributed by atoms with Gasteiger partial charge in [-0.25, -0.2) is 4.98 Å². The lowest BCUT2D eigenvalue weighted by Gasteiger charge is -2.15. The highest BCUT2D eigenvalue weighted by atomic mass is 79.9. The van der Waals surface area contributed by atoms with Crippen LogP contribution in [-0.2, 0) is 6.42 Å². The first-order valence-electron chi connectivity index (χ1n) is 4.99. The highest BCUT2D eigenvalue weighted by molar-refractivity contribution is 9.10. The lowest BCUT2D eigenvalue weighted by Crippen LogP contribution is -2.29. The number of halogens is 2. The minimum absolute atomic E-state index is 0.0103. The number of nitrogens with two attached hydrogens (primary N) is 1. The van der Waals surface area contributed by atoms with Crippen LogP contribution < -0.4 is 11.3 Å². The lowest BCUT2D eigenvalue weighted by atomic mass is 10.1. The molecular weight excluding hydrogens is 322 g/mol. The predicted octanol–water partition coefficient (Wildman–Crippen LogP) is 3.31. The zero-order valence-corrected chi connectivity index (χ0v) is 12.0. The second-order valence-corrected chi connectivity index (χ2v) is 5.88. The smallest absolute Gasteiger partial charge is 0.0944 e. The van der Waals surface area contributed by atoms with Crippen molar-refractivity contribution in [3.8, 4) is 0 Å². The van der Waals surface area contributed by atoms with E-state index in [0.29, 0.717) is 5.02 Å². The summed E-state index contributed by atoms with van der Waals surface area (Å²) in [5.41, 5.74) is 3.84. The van der Waals surface area contributed by atoms with E-state index in [0.717, 1.165) is 21.5 Å². The molecule has 1 atom stereocenters. The number of hydrogen-bond donors (Lipinski definition) is 2. The maximum Gasteiger partial charge on any atom is 0.0944 e. The zero-order chi connectivity index (χ0) is 12.3. The largest absolute Gasteiger partial charge is 0.271 e. The Bertz CT molecular complexity index is 469. The zero-order valence-electron chi connectivity index (χ0n) is 8.86. The molecule has 3 N–H and O–H groups in total. The third kappa shape index (κ3) is 3.50. The van der Waals surface area contributed by atoms with Crippen LogP contribution in [0.4, 0.5) is 0 Å². The average Bonchev–Trinajstić information content (AvgIpc) is 2.77. The molecule has 0 spiro atoms. The van der Waals surface area contributed by atoms with E-state index < -0.39 is 0 Å². The molecule has 0 saturated carbocycles. The van der Waals surface area contributed by atoms with E-state index in [4.69, 9.17) is 17.4 Å². The molecule has 0 amide bonds. The molecule has 3 nitrogen and oxygen atoms in total. The fraction of sp³-hybridized carbons (Fsp3) is 0.182. The molecule has 1 aromatic carbocycles. The van der Waals surface area contributed by atoms with Crippen molar-refractivity contribution in [1.29, 1.82) is 0 Å². The van der Waals surface area contributed by atoms with Crippen LogP contribution in [0.5, 0.6) is 0 Å². The predicted molar refractivity (Wildman–Crippen MR) is 75.0 cm³/mol. The van der Waals surface area contributed by atoms with Crippen LogP contribution in [0.3, 0.4) is 0 Å². The molecule has 1 unspecified atom stereocenters. The fourth-order valence-electron chi connectivity index (χ4n) is 1.58. The van der Waals surface area contributed by atoms with Gasteiger partial charge in [-0.3, -0.25) is 11.3 Å². The first kappa shape index (κ1) is 13.0. The van der Waals surface area contributed by atoms with Gasteiger partial charge in [0.05, 0.1) is 11.0 Å². The van der Waals surface area contributed by atoms with Gasteiger partial charge in [0, 0.05) is 27.5 Å². The normalized spacial score (nSPS) is 12.6. The summed E-state index contributed by atoms with van der Waals surface area (Å²) in [6.07, 6.45) is 2.54. The van der Waals surface area contributed by atoms with Gasteiger partial charge in [0.15, 0.2) is 0 Å². The van der Waals surface area contributed by atoms with E-state index >= 15 is 0 Å². The molecule has 17 heavy (non-hydrogen) atoms. The molecule has 2 rings (SSSR count). The summed E-state index contributed by atoms with van der Waals surface area (Å²) in [6.45, 7) is 0. The standard InChI is InChI=1S/C11H11BrClN3S/c12-8-3-7(4-9(13)5-8)10(16-14)6-11-15-1-2-17-11/h1-5,10,16H,6,14H2. The highest BCUT2D eigenvalue weighted by Crippen LogP contribution is 2.26. The van der Waals surface area contributed by atoms with Crippen molar-refractivity contribution < 1.29 is 0 Å². The van der Waals surface area contributed by atoms with Crippen molar-refractivity contribution in [1.82, 2.24) is 10.4 Å². The van der Waals surface area contributed by atoms with Gasteiger partial charge in [-0.15, -0.1) is 11.3 Å². The summed E-state index contributed by atoms with van der Waals surface area (Å²) in [7, 11) is 0. The van der Waals surface area contributed by atoms with Gasteiger partial charge in [-0.05, 0) is 23.8 Å². The molecular formula is C11H11BrClN3S. The first-order valence-corrected chi connectivity index (χ1v) is 7.04. The van der Waals surface area contributed by atoms with Crippen LogP contribution in [-0.4, -0.2) is 4.98 Å². The minimum Gasteiger partial charge on any atom is -0.271 e. The number of aromatic nitrogens is 1. The molecule has 1 heterocycles. The number of thiazole rings is 1. The van der Waals surface area contributed by atoms with E-state index in [9.17, 15) is 0 Å². The van der Waals surface area contributed by atoms with Crippen molar-refractivity contribution in [2.45, 2.75) is 12.5 Å². The van der Waals surface area contributed by atoms with Crippen LogP contribution >= 0.6 is 38.9 Å². The molecule has 0 radical (unpaired) electrons. The van der Waals surface area contributed by atoms with Gasteiger partial charge in [-0.2, -0.15) is 0 Å². The Morgan fingerprint density at radius 1 is 1.47 bits per heavy atom. The molecule has 0 fully saturated rings. The number of nitrogens with zero attached hydrogens (tertiary/aromatic N) is 1. The minimum atomic E-state index is 0.0103. The van der Waals surface area contributed by atoms with Crippen LogP contribution in [0.2, 0.25) is 5.02 Å². The van der Waals surface area contributed by atoms with Crippen molar-refractivity contribution in [2.75, 3.05) is 0 Å². The van der Waals surface area contributed by atoms with Crippen molar-refractivity contribution >= 4 is 38.9 Å². The molecule has 90 valence electrons. The molecule has 0 bridgehead atoms. The molecule has 0 saturated heterocycles. The molecule has 0 aliphatic rings. The third-order valence-electron chi connectivity index (χ3n) is 2.35. The van der Waals surface area contributed by atoms with Crippen molar-refractivity contribution in [2.24, 2.45) is 5.84 Å². The Morgan fingerprint density at radius 2 is 2.29 bits per heavy atom. The Labute approximate surface area is 117 Å². The molecule has 0 aliphatic heterocycles. The summed E-state index contributed by atoms with van der Waals surface area (Å²) in [6, 6.07) is 5.77. The molecule has 0 aliphatic carbocycles. The first-order chi connectivity index (χ1) is 8.19. The SMILES string of the molecule is NNC(Cc1nccs1)c1cc(Cl)cc(Br)c1. The van der Waals surface area contributed by atoms with Crippen LogP contribution in [0.15, 0.2) is 34.2 Å². The maximum atomic E-state index is 6.02. The van der Waals surface area contributed by atoms with Gasteiger partial charge < -0.3 is 0 Å². The second-order valence-electron chi connectivity index (χ2n) is 3.55. The van der Waals surface area contributed by atoms with E-state index in [2.05, 4.69) is 26.3 Å². The van der Waals surface area contributed by atoms with Crippen LogP contribution in [0.1, 0.15) is 16.6 Å². The van der Waals surface area contributed by atoms with Crippen LogP contribution in [0.25, 0.3) is 0 Å². The Balaban J connectivity index is 2.22. The van der Waals surface area contributed by atoms with E-state index in [1.807, 2.05) is 23.6 Å². The van der Waals surface area contributed by atoms with Crippen LogP contribution in [0, 0.1) is 0 Å². The van der Waals surface area contributed by atoms with Gasteiger partial charge in [0.25, 0.3) is 0 Å². The van der Waals surface area contributed by atoms with E-state index in [-0.39, 0.29) is 6.04 Å². The van der Waals surface area contributed by atoms with Crippen molar-refractivity contribution in [3.63, 3.8) is 0 Å². The summed E-state index contributed by atoms with van der Waals surface area (Å²) in [4.78, 5) is 4.25. The maximum absolute atomic E-state index is 6.02. The van der Waals surface area contributed by atoms with Gasteiger partial charge in [-0.1, -0.05) is 27.5 Å². The second kappa shape index (κ2) is 5.93. The monoisotopic (exact) mass is 331 g/mol. The molecule has 1 aromatic heterocycles. The summed E-state index contributed by atoms with van der Waals surface area (Å²) < 4.78 is 0.944. The van der Waals surface area contributed by atoms with Gasteiger partial charge in [0.2, 0.25) is 0 Å². The number of nitrogens with one attached hydrogen (secondary N) is 1. The summed E-state index contributed by atoms with van der Waals surface area (Å²) in [5, 5.41) is 3.69. The highest BCUT2D eigenvalue weighted by Gasteiger charge is 2.13. The third-order valence-corrected chi connectivity index (χ3v) is 3.83. The van der Waals surface area contributed by atoms with E-state index in [1.165, 1.54) is 0 Å². The summed E-state index contributed by atoms with van der Waals surface area (Å²) >= 11 is 11.1. The molecule has 6 heteroatoms. The Morgan fingerprint density at radius 3 is 2.88 bits per heavy atom. The fourth-order valence-corrected chi connectivity index (χ4v) is 3.13. The Hall–Kier alpha value is -0.460. The van der Waals surface area contributed by atoms with Gasteiger partial charge in [0.1, 0.15) is 0 Å². The van der Waals surface area contributed by atoms with Crippen molar-refractivity contribution in [3.05, 3.63) is 49.8 Å². The summed E-state index contributed by atoms with van der Waals surface area (Å²) in [5.74, 6) is 5.59. The number of hydrogen-bond acceptors (Lipinski definition) is 4. The average molecular weight is 333 g/mol. The number of benzene rings is 1. The Kier molecular flexibility index (Phi) is 4.53. The number of hydrazine groups is 1. The van der Waals surface area contributed by atoms with E-state index in [1.54, 1.807) is 17.5 Å². The quantitative estimate of drug-likeness (QED) is 0.667. The molecule has 2 aromatic rings. The topological polar surface area (TPSA) is 50.9 Å².